The van der Waals surface area contributed by atoms with Crippen LogP contribution in [-0.2, 0) is 19.1 Å². The molecule has 0 bridgehead atoms. The van der Waals surface area contributed by atoms with E-state index in [0.29, 0.717) is 0 Å². The van der Waals surface area contributed by atoms with E-state index in [0.717, 1.165) is 0 Å². The number of ether oxygens (including phenoxy) is 2. The minimum atomic E-state index is -1.46. The van der Waals surface area contributed by atoms with E-state index in [9.17, 15) is 9.59 Å². The highest BCUT2D eigenvalue weighted by Crippen LogP contribution is 2.21. The quantitative estimate of drug-likeness (QED) is 0.530. The van der Waals surface area contributed by atoms with Crippen molar-refractivity contribution in [3.05, 3.63) is 0 Å². The maximum Gasteiger partial charge on any atom is 0.309 e. The first-order valence-electron chi connectivity index (χ1n) is 5.64. The van der Waals surface area contributed by atoms with E-state index in [1.165, 1.54) is 28.1 Å². The second-order valence-corrected chi connectivity index (χ2v) is 4.48. The molecule has 0 radical (unpaired) electrons. The fourth-order valence-electron chi connectivity index (χ4n) is 1.12. The van der Waals surface area contributed by atoms with Crippen LogP contribution in [-0.4, -0.2) is 37.2 Å². The van der Waals surface area contributed by atoms with Crippen molar-refractivity contribution < 1.29 is 19.1 Å². The van der Waals surface area contributed by atoms with Gasteiger partial charge >= 0.3 is 11.9 Å². The van der Waals surface area contributed by atoms with E-state index < -0.39 is 23.0 Å². The summed E-state index contributed by atoms with van der Waals surface area (Å²) in [6.45, 7) is 2.76. The molecule has 20 heavy (non-hydrogen) atoms. The molecule has 0 aliphatic rings. The summed E-state index contributed by atoms with van der Waals surface area (Å²) in [5, 5.41) is 25.5. The Morgan fingerprint density at radius 2 is 1.25 bits per heavy atom. The predicted molar refractivity (Wildman–Crippen MR) is 66.2 cm³/mol. The second kappa shape index (κ2) is 7.19. The molecule has 8 heteroatoms. The van der Waals surface area contributed by atoms with Crippen LogP contribution in [0.25, 0.3) is 0 Å². The number of rotatable bonds is 6. The number of carbonyl (C=O) groups excluding carboxylic acids is 2. The van der Waals surface area contributed by atoms with Crippen molar-refractivity contribution in [1.82, 2.24) is 0 Å². The summed E-state index contributed by atoms with van der Waals surface area (Å²) in [6, 6.07) is 3.64. The van der Waals surface area contributed by atoms with Crippen LogP contribution in [0.15, 0.2) is 10.2 Å². The Morgan fingerprint density at radius 3 is 1.45 bits per heavy atom. The Balaban J connectivity index is 5.12. The molecule has 0 heterocycles. The van der Waals surface area contributed by atoms with Crippen molar-refractivity contribution in [2.45, 2.75) is 37.8 Å². The summed E-state index contributed by atoms with van der Waals surface area (Å²) in [4.78, 5) is 22.4. The molecule has 0 aromatic carbocycles. The van der Waals surface area contributed by atoms with Gasteiger partial charge in [-0.05, 0) is 13.8 Å². The number of hydrogen-bond acceptors (Lipinski definition) is 8. The van der Waals surface area contributed by atoms with Crippen LogP contribution < -0.4 is 0 Å². The zero-order chi connectivity index (χ0) is 15.8. The number of hydrogen-bond donors (Lipinski definition) is 0. The zero-order valence-corrected chi connectivity index (χ0v) is 11.8. The molecule has 2 unspecified atom stereocenters. The summed E-state index contributed by atoms with van der Waals surface area (Å²) >= 11 is 0. The van der Waals surface area contributed by atoms with Gasteiger partial charge in [-0.3, -0.25) is 9.59 Å². The maximum atomic E-state index is 11.2. The highest BCUT2D eigenvalue weighted by atomic mass is 16.5. The first-order chi connectivity index (χ1) is 9.24. The molecule has 0 spiro atoms. The van der Waals surface area contributed by atoms with Crippen LogP contribution in [0.4, 0.5) is 0 Å². The van der Waals surface area contributed by atoms with Crippen molar-refractivity contribution in [3.63, 3.8) is 0 Å². The summed E-state index contributed by atoms with van der Waals surface area (Å²) in [5.74, 6) is -1.25. The number of nitriles is 2. The SMILES string of the molecule is COC(=O)CC(C)(C#N)N=NC(C)(C#N)CC(=O)OC. The molecule has 0 aliphatic heterocycles. The van der Waals surface area contributed by atoms with Gasteiger partial charge in [-0.2, -0.15) is 20.8 Å². The van der Waals surface area contributed by atoms with Crippen LogP contribution in [0.1, 0.15) is 26.7 Å². The Hall–Kier alpha value is -2.48. The van der Waals surface area contributed by atoms with Crippen molar-refractivity contribution >= 4 is 11.9 Å². The van der Waals surface area contributed by atoms with Gasteiger partial charge < -0.3 is 9.47 Å². The van der Waals surface area contributed by atoms with E-state index in [-0.39, 0.29) is 12.8 Å². The summed E-state index contributed by atoms with van der Waals surface area (Å²) in [7, 11) is 2.38. The molecular weight excluding hydrogens is 264 g/mol. The molecular formula is C12H16N4O4. The smallest absolute Gasteiger partial charge is 0.309 e. The van der Waals surface area contributed by atoms with Gasteiger partial charge in [0.05, 0.1) is 39.2 Å². The van der Waals surface area contributed by atoms with E-state index in [1.807, 2.05) is 12.1 Å². The fourth-order valence-corrected chi connectivity index (χ4v) is 1.12. The van der Waals surface area contributed by atoms with Gasteiger partial charge in [0.25, 0.3) is 0 Å². The Kier molecular flexibility index (Phi) is 6.30. The van der Waals surface area contributed by atoms with Crippen molar-refractivity contribution in [1.29, 1.82) is 10.5 Å². The highest BCUT2D eigenvalue weighted by molar-refractivity contribution is 5.72. The first-order valence-corrected chi connectivity index (χ1v) is 5.64. The van der Waals surface area contributed by atoms with Gasteiger partial charge in [0, 0.05) is 0 Å². The first kappa shape index (κ1) is 17.5. The summed E-state index contributed by atoms with van der Waals surface area (Å²) < 4.78 is 8.91. The van der Waals surface area contributed by atoms with Gasteiger partial charge in [0.15, 0.2) is 11.1 Å². The molecule has 0 aromatic heterocycles. The van der Waals surface area contributed by atoms with E-state index in [4.69, 9.17) is 10.5 Å². The molecule has 0 aromatic rings. The molecule has 0 aliphatic carbocycles. The van der Waals surface area contributed by atoms with Crippen LogP contribution in [0.5, 0.6) is 0 Å². The Bertz CT molecular complexity index is 447. The topological polar surface area (TPSA) is 125 Å². The number of carbonyl (C=O) groups is 2. The third-order valence-electron chi connectivity index (χ3n) is 2.41. The van der Waals surface area contributed by atoms with Gasteiger partial charge in [-0.15, -0.1) is 0 Å². The van der Waals surface area contributed by atoms with Crippen LogP contribution >= 0.6 is 0 Å². The third kappa shape index (κ3) is 5.44. The van der Waals surface area contributed by atoms with E-state index in [1.54, 1.807) is 0 Å². The standard InChI is InChI=1S/C12H16N4O4/c1-11(7-13,5-9(17)19-3)15-16-12(2,8-14)6-10(18)20-4/h5-6H2,1-4H3. The molecule has 0 N–H and O–H groups in total. The minimum absolute atomic E-state index is 0.302. The molecule has 2 atom stereocenters. The molecule has 8 nitrogen and oxygen atoms in total. The maximum absolute atomic E-state index is 11.2. The molecule has 0 rings (SSSR count). The van der Waals surface area contributed by atoms with Gasteiger partial charge in [-0.1, -0.05) is 0 Å². The number of esters is 2. The lowest BCUT2D eigenvalue weighted by Crippen LogP contribution is -2.28. The van der Waals surface area contributed by atoms with Gasteiger partial charge in [0.1, 0.15) is 0 Å². The normalized spacial score (nSPS) is 16.3. The Morgan fingerprint density at radius 1 is 0.950 bits per heavy atom. The van der Waals surface area contributed by atoms with Crippen molar-refractivity contribution in [2.24, 2.45) is 10.2 Å². The molecule has 0 amide bonds. The van der Waals surface area contributed by atoms with E-state index >= 15 is 0 Å². The van der Waals surface area contributed by atoms with Crippen molar-refractivity contribution in [3.8, 4) is 12.1 Å². The summed E-state index contributed by atoms with van der Waals surface area (Å²) in [6.07, 6.45) is -0.605. The molecule has 108 valence electrons. The monoisotopic (exact) mass is 280 g/mol. The van der Waals surface area contributed by atoms with Crippen LogP contribution in [0.2, 0.25) is 0 Å². The average molecular weight is 280 g/mol. The molecule has 0 saturated carbocycles. The second-order valence-electron chi connectivity index (χ2n) is 4.48. The average Bonchev–Trinajstić information content (AvgIpc) is 2.45. The molecule has 0 saturated heterocycles. The number of azo groups is 1. The number of nitrogens with zero attached hydrogens (tertiary/aromatic N) is 4. The van der Waals surface area contributed by atoms with Crippen LogP contribution in [0, 0.1) is 22.7 Å². The van der Waals surface area contributed by atoms with Gasteiger partial charge in [-0.25, -0.2) is 0 Å². The highest BCUT2D eigenvalue weighted by Gasteiger charge is 2.32. The lowest BCUT2D eigenvalue weighted by atomic mass is 10.00. The van der Waals surface area contributed by atoms with Crippen LogP contribution in [0.3, 0.4) is 0 Å². The summed E-state index contributed by atoms with van der Waals surface area (Å²) in [5.41, 5.74) is -2.91. The third-order valence-corrected chi connectivity index (χ3v) is 2.41. The zero-order valence-electron chi connectivity index (χ0n) is 11.8. The largest absolute Gasteiger partial charge is 0.469 e. The number of methoxy groups -OCH3 is 2. The van der Waals surface area contributed by atoms with E-state index in [2.05, 4.69) is 19.7 Å². The lowest BCUT2D eigenvalue weighted by Gasteiger charge is -2.17. The Labute approximate surface area is 117 Å². The minimum Gasteiger partial charge on any atom is -0.469 e. The predicted octanol–water partition coefficient (Wildman–Crippen LogP) is 1.13. The molecule has 0 fully saturated rings. The van der Waals surface area contributed by atoms with Gasteiger partial charge in [0.2, 0.25) is 0 Å². The fraction of sp³-hybridized carbons (Fsp3) is 0.667. The lowest BCUT2D eigenvalue weighted by molar-refractivity contribution is -0.142. The van der Waals surface area contributed by atoms with Crippen molar-refractivity contribution in [2.75, 3.05) is 14.2 Å².